The molecule has 0 aromatic heterocycles. The average Bonchev–Trinajstić information content (AvgIpc) is 2.30. The predicted molar refractivity (Wildman–Crippen MR) is 41.8 cm³/mol. The molecule has 1 rings (SSSR count). The molecule has 0 bridgehead atoms. The quantitative estimate of drug-likeness (QED) is 0.535. The van der Waals surface area contributed by atoms with Gasteiger partial charge in [0.2, 0.25) is 0 Å². The zero-order valence-electron chi connectivity index (χ0n) is 6.68. The molecule has 0 radical (unpaired) electrons. The highest BCUT2D eigenvalue weighted by atomic mass is 16.1. The third-order valence-electron chi connectivity index (χ3n) is 2.37. The molecule has 0 N–H and O–H groups in total. The highest BCUT2D eigenvalue weighted by molar-refractivity contribution is 5.75. The standard InChI is InChI=1S/C9H14O/c1-3-8-4-7(2)9(5-8)6-10/h6,8H,3-5H2,1-2H3/t8-/m0/s1. The third kappa shape index (κ3) is 1.28. The van der Waals surface area contributed by atoms with E-state index in [1.54, 1.807) is 0 Å². The molecule has 0 spiro atoms. The maximum atomic E-state index is 10.4. The van der Waals surface area contributed by atoms with Crippen molar-refractivity contribution in [2.75, 3.05) is 0 Å². The molecule has 10 heavy (non-hydrogen) atoms. The molecule has 0 aliphatic heterocycles. The van der Waals surface area contributed by atoms with Crippen LogP contribution in [0.25, 0.3) is 0 Å². The summed E-state index contributed by atoms with van der Waals surface area (Å²) in [6, 6.07) is 0. The van der Waals surface area contributed by atoms with Gasteiger partial charge in [-0.1, -0.05) is 18.9 Å². The van der Waals surface area contributed by atoms with Gasteiger partial charge in [0.15, 0.2) is 0 Å². The van der Waals surface area contributed by atoms with Crippen molar-refractivity contribution in [2.24, 2.45) is 5.92 Å². The molecule has 1 nitrogen and oxygen atoms in total. The van der Waals surface area contributed by atoms with Gasteiger partial charge in [-0.25, -0.2) is 0 Å². The highest BCUT2D eigenvalue weighted by Crippen LogP contribution is 2.31. The minimum Gasteiger partial charge on any atom is -0.298 e. The predicted octanol–water partition coefficient (Wildman–Crippen LogP) is 2.32. The van der Waals surface area contributed by atoms with Gasteiger partial charge in [0, 0.05) is 0 Å². The summed E-state index contributed by atoms with van der Waals surface area (Å²) < 4.78 is 0. The Labute approximate surface area is 62.1 Å². The van der Waals surface area contributed by atoms with Crippen molar-refractivity contribution >= 4 is 6.29 Å². The number of hydrogen-bond acceptors (Lipinski definition) is 1. The fraction of sp³-hybridized carbons (Fsp3) is 0.667. The number of allylic oxidation sites excluding steroid dienone is 2. The van der Waals surface area contributed by atoms with Gasteiger partial charge >= 0.3 is 0 Å². The Bertz CT molecular complexity index is 168. The van der Waals surface area contributed by atoms with Gasteiger partial charge in [-0.15, -0.1) is 0 Å². The van der Waals surface area contributed by atoms with E-state index in [0.717, 1.165) is 30.6 Å². The SMILES string of the molecule is CC[C@H]1CC(C)=C(C=O)C1. The lowest BCUT2D eigenvalue weighted by Gasteiger charge is -2.02. The summed E-state index contributed by atoms with van der Waals surface area (Å²) in [7, 11) is 0. The van der Waals surface area contributed by atoms with E-state index in [4.69, 9.17) is 0 Å². The normalized spacial score (nSPS) is 25.6. The average molecular weight is 138 g/mol. The number of aldehydes is 1. The lowest BCUT2D eigenvalue weighted by Crippen LogP contribution is -1.91. The minimum absolute atomic E-state index is 0.750. The summed E-state index contributed by atoms with van der Waals surface area (Å²) in [6.45, 7) is 4.26. The van der Waals surface area contributed by atoms with Crippen molar-refractivity contribution in [2.45, 2.75) is 33.1 Å². The van der Waals surface area contributed by atoms with Crippen molar-refractivity contribution in [3.8, 4) is 0 Å². The van der Waals surface area contributed by atoms with Gasteiger partial charge in [-0.2, -0.15) is 0 Å². The Morgan fingerprint density at radius 3 is 2.60 bits per heavy atom. The van der Waals surface area contributed by atoms with Crippen LogP contribution in [-0.4, -0.2) is 6.29 Å². The summed E-state index contributed by atoms with van der Waals surface area (Å²) in [5, 5.41) is 0. The maximum Gasteiger partial charge on any atom is 0.145 e. The Kier molecular flexibility index (Phi) is 2.25. The zero-order valence-corrected chi connectivity index (χ0v) is 6.68. The summed E-state index contributed by atoms with van der Waals surface area (Å²) in [6.07, 6.45) is 4.38. The monoisotopic (exact) mass is 138 g/mol. The van der Waals surface area contributed by atoms with E-state index >= 15 is 0 Å². The van der Waals surface area contributed by atoms with E-state index in [-0.39, 0.29) is 0 Å². The molecule has 0 aromatic carbocycles. The third-order valence-corrected chi connectivity index (χ3v) is 2.37. The topological polar surface area (TPSA) is 17.1 Å². The van der Waals surface area contributed by atoms with E-state index < -0.39 is 0 Å². The van der Waals surface area contributed by atoms with E-state index in [2.05, 4.69) is 13.8 Å². The highest BCUT2D eigenvalue weighted by Gasteiger charge is 2.18. The van der Waals surface area contributed by atoms with Crippen molar-refractivity contribution in [1.82, 2.24) is 0 Å². The van der Waals surface area contributed by atoms with Gasteiger partial charge in [-0.05, 0) is 31.3 Å². The first-order valence-electron chi connectivity index (χ1n) is 3.91. The van der Waals surface area contributed by atoms with E-state index in [0.29, 0.717) is 0 Å². The Hall–Kier alpha value is -0.590. The molecular weight excluding hydrogens is 124 g/mol. The molecule has 0 amide bonds. The molecule has 0 saturated carbocycles. The van der Waals surface area contributed by atoms with Crippen molar-refractivity contribution in [1.29, 1.82) is 0 Å². The van der Waals surface area contributed by atoms with Gasteiger partial charge in [0.25, 0.3) is 0 Å². The van der Waals surface area contributed by atoms with Crippen LogP contribution in [0.4, 0.5) is 0 Å². The summed E-state index contributed by atoms with van der Waals surface area (Å²) >= 11 is 0. The van der Waals surface area contributed by atoms with E-state index in [9.17, 15) is 4.79 Å². The molecular formula is C9H14O. The Balaban J connectivity index is 2.58. The number of carbonyl (C=O) groups excluding carboxylic acids is 1. The largest absolute Gasteiger partial charge is 0.298 e. The van der Waals surface area contributed by atoms with Crippen molar-refractivity contribution in [3.05, 3.63) is 11.1 Å². The van der Waals surface area contributed by atoms with Crippen LogP contribution in [0.5, 0.6) is 0 Å². The van der Waals surface area contributed by atoms with Gasteiger partial charge < -0.3 is 0 Å². The lowest BCUT2D eigenvalue weighted by atomic mass is 10.0. The molecule has 56 valence electrons. The number of hydrogen-bond donors (Lipinski definition) is 0. The van der Waals surface area contributed by atoms with Crippen molar-refractivity contribution < 1.29 is 4.79 Å². The second kappa shape index (κ2) is 3.00. The summed E-state index contributed by atoms with van der Waals surface area (Å²) in [5.41, 5.74) is 2.36. The first kappa shape index (κ1) is 7.52. The van der Waals surface area contributed by atoms with Crippen LogP contribution < -0.4 is 0 Å². The van der Waals surface area contributed by atoms with Gasteiger partial charge in [-0.3, -0.25) is 4.79 Å². The summed E-state index contributed by atoms with van der Waals surface area (Å²) in [4.78, 5) is 10.4. The molecule has 0 aromatic rings. The van der Waals surface area contributed by atoms with Crippen LogP contribution in [0, 0.1) is 5.92 Å². The van der Waals surface area contributed by atoms with Gasteiger partial charge in [0.1, 0.15) is 6.29 Å². The summed E-state index contributed by atoms with van der Waals surface area (Å²) in [5.74, 6) is 0.750. The molecule has 0 unspecified atom stereocenters. The molecule has 0 fully saturated rings. The van der Waals surface area contributed by atoms with Crippen LogP contribution in [0.3, 0.4) is 0 Å². The maximum absolute atomic E-state index is 10.4. The van der Waals surface area contributed by atoms with E-state index in [1.807, 2.05) is 0 Å². The molecule has 0 heterocycles. The smallest absolute Gasteiger partial charge is 0.145 e. The molecule has 1 heteroatoms. The van der Waals surface area contributed by atoms with Crippen LogP contribution in [0.2, 0.25) is 0 Å². The molecule has 1 aliphatic rings. The van der Waals surface area contributed by atoms with Crippen LogP contribution in [-0.2, 0) is 4.79 Å². The molecule has 1 atom stereocenters. The fourth-order valence-corrected chi connectivity index (χ4v) is 1.56. The lowest BCUT2D eigenvalue weighted by molar-refractivity contribution is -0.105. The Morgan fingerprint density at radius 1 is 1.60 bits per heavy atom. The van der Waals surface area contributed by atoms with Gasteiger partial charge in [0.05, 0.1) is 0 Å². The van der Waals surface area contributed by atoms with Crippen molar-refractivity contribution in [3.63, 3.8) is 0 Å². The number of carbonyl (C=O) groups is 1. The molecule has 0 saturated heterocycles. The molecule has 1 aliphatic carbocycles. The minimum atomic E-state index is 0.750. The first-order valence-corrected chi connectivity index (χ1v) is 3.91. The van der Waals surface area contributed by atoms with Crippen LogP contribution >= 0.6 is 0 Å². The van der Waals surface area contributed by atoms with Crippen LogP contribution in [0.15, 0.2) is 11.1 Å². The zero-order chi connectivity index (χ0) is 7.56. The first-order chi connectivity index (χ1) is 4.77. The second-order valence-electron chi connectivity index (χ2n) is 3.11. The fourth-order valence-electron chi connectivity index (χ4n) is 1.56. The van der Waals surface area contributed by atoms with E-state index in [1.165, 1.54) is 12.0 Å². The second-order valence-corrected chi connectivity index (χ2v) is 3.11. The Morgan fingerprint density at radius 2 is 2.30 bits per heavy atom. The number of rotatable bonds is 2. The van der Waals surface area contributed by atoms with Crippen LogP contribution in [0.1, 0.15) is 33.1 Å².